The highest BCUT2D eigenvalue weighted by Crippen LogP contribution is 2.47. The van der Waals surface area contributed by atoms with Gasteiger partial charge in [0.05, 0.1) is 13.2 Å². The molecule has 2 N–H and O–H groups in total. The second-order valence-electron chi connectivity index (χ2n) is 7.21. The number of ether oxygens (including phenoxy) is 2. The smallest absolute Gasteiger partial charge is 0.162 e. The predicted molar refractivity (Wildman–Crippen MR) is 88.1 cm³/mol. The maximum absolute atomic E-state index is 6.13. The summed E-state index contributed by atoms with van der Waals surface area (Å²) in [5, 5.41) is 0. The summed E-state index contributed by atoms with van der Waals surface area (Å²) in [4.78, 5) is 0. The van der Waals surface area contributed by atoms with Gasteiger partial charge < -0.3 is 15.2 Å². The summed E-state index contributed by atoms with van der Waals surface area (Å²) in [5.41, 5.74) is 7.54. The summed E-state index contributed by atoms with van der Waals surface area (Å²) in [5.74, 6) is 1.69. The molecule has 0 amide bonds. The van der Waals surface area contributed by atoms with Crippen LogP contribution in [0.3, 0.4) is 0 Å². The van der Waals surface area contributed by atoms with Gasteiger partial charge in [-0.1, -0.05) is 42.6 Å². The fourth-order valence-corrected chi connectivity index (χ4v) is 4.13. The van der Waals surface area contributed by atoms with Gasteiger partial charge in [-0.25, -0.2) is 0 Å². The second kappa shape index (κ2) is 5.47. The molecule has 21 heavy (non-hydrogen) atoms. The van der Waals surface area contributed by atoms with Crippen molar-refractivity contribution in [3.05, 3.63) is 22.2 Å². The molecule has 1 aliphatic heterocycles. The molecule has 0 radical (unpaired) electrons. The molecule has 0 unspecified atom stereocenters. The van der Waals surface area contributed by atoms with Gasteiger partial charge in [-0.2, -0.15) is 0 Å². The van der Waals surface area contributed by atoms with Gasteiger partial charge in [-0.05, 0) is 30.5 Å². The molecule has 1 saturated carbocycles. The van der Waals surface area contributed by atoms with E-state index in [-0.39, 0.29) is 10.8 Å². The van der Waals surface area contributed by atoms with Crippen molar-refractivity contribution in [2.45, 2.75) is 44.9 Å². The van der Waals surface area contributed by atoms with Gasteiger partial charge >= 0.3 is 0 Å². The Morgan fingerprint density at radius 3 is 2.24 bits per heavy atom. The normalized spacial score (nSPS) is 22.9. The molecular formula is C17H24BrNO2. The van der Waals surface area contributed by atoms with E-state index in [4.69, 9.17) is 15.2 Å². The third-order valence-electron chi connectivity index (χ3n) is 4.79. The third-order valence-corrected chi connectivity index (χ3v) is 5.45. The van der Waals surface area contributed by atoms with E-state index in [1.54, 1.807) is 0 Å². The fraction of sp³-hybridized carbons (Fsp3) is 0.647. The predicted octanol–water partition coefficient (Wildman–Crippen LogP) is 4.02. The van der Waals surface area contributed by atoms with Crippen molar-refractivity contribution in [2.75, 3.05) is 19.8 Å². The van der Waals surface area contributed by atoms with Gasteiger partial charge in [0.25, 0.3) is 0 Å². The Hall–Kier alpha value is -0.740. The van der Waals surface area contributed by atoms with Gasteiger partial charge in [0.2, 0.25) is 0 Å². The summed E-state index contributed by atoms with van der Waals surface area (Å²) in [6.45, 7) is 6.36. The van der Waals surface area contributed by atoms with E-state index < -0.39 is 0 Å². The van der Waals surface area contributed by atoms with Gasteiger partial charge in [0, 0.05) is 21.8 Å². The maximum atomic E-state index is 6.13. The minimum absolute atomic E-state index is 0.0323. The molecule has 0 saturated heterocycles. The SMILES string of the molecule is CC1(C)COc2cc(Br)c(C3(CN)CCCC3)cc2OC1. The van der Waals surface area contributed by atoms with Crippen LogP contribution in [0.15, 0.2) is 16.6 Å². The van der Waals surface area contributed by atoms with Crippen LogP contribution in [0.4, 0.5) is 0 Å². The van der Waals surface area contributed by atoms with E-state index in [0.717, 1.165) is 28.8 Å². The van der Waals surface area contributed by atoms with E-state index in [1.807, 2.05) is 0 Å². The summed E-state index contributed by atoms with van der Waals surface area (Å²) in [6.07, 6.45) is 4.83. The molecule has 3 nitrogen and oxygen atoms in total. The number of fused-ring (bicyclic) bond motifs is 1. The first-order valence-electron chi connectivity index (χ1n) is 7.76. The molecule has 0 aromatic heterocycles. The topological polar surface area (TPSA) is 44.5 Å². The molecule has 4 heteroatoms. The standard InChI is InChI=1S/C17H24BrNO2/c1-16(2)10-20-14-7-12(13(18)8-15(14)21-11-16)17(9-19)5-3-4-6-17/h7-8H,3-6,9-11,19H2,1-2H3. The van der Waals surface area contributed by atoms with Crippen LogP contribution in [-0.4, -0.2) is 19.8 Å². The molecule has 2 aliphatic rings. The minimum atomic E-state index is 0.0323. The Morgan fingerprint density at radius 1 is 1.10 bits per heavy atom. The molecule has 1 heterocycles. The zero-order valence-corrected chi connectivity index (χ0v) is 14.5. The summed E-state index contributed by atoms with van der Waals surface area (Å²) >= 11 is 3.72. The number of benzene rings is 1. The van der Waals surface area contributed by atoms with Crippen molar-refractivity contribution in [1.82, 2.24) is 0 Å². The molecule has 116 valence electrons. The highest BCUT2D eigenvalue weighted by molar-refractivity contribution is 9.10. The first kappa shape index (κ1) is 15.2. The average Bonchev–Trinajstić information content (AvgIpc) is 2.88. The van der Waals surface area contributed by atoms with Gasteiger partial charge in [0.1, 0.15) is 0 Å². The molecular weight excluding hydrogens is 330 g/mol. The van der Waals surface area contributed by atoms with Crippen LogP contribution in [-0.2, 0) is 5.41 Å². The molecule has 1 aromatic rings. The molecule has 0 atom stereocenters. The number of hydrogen-bond acceptors (Lipinski definition) is 3. The summed E-state index contributed by atoms with van der Waals surface area (Å²) < 4.78 is 13.1. The van der Waals surface area contributed by atoms with Crippen molar-refractivity contribution >= 4 is 15.9 Å². The van der Waals surface area contributed by atoms with Gasteiger partial charge in [-0.3, -0.25) is 0 Å². The van der Waals surface area contributed by atoms with Crippen molar-refractivity contribution < 1.29 is 9.47 Å². The Morgan fingerprint density at radius 2 is 1.67 bits per heavy atom. The van der Waals surface area contributed by atoms with Crippen LogP contribution >= 0.6 is 15.9 Å². The number of rotatable bonds is 2. The molecule has 0 spiro atoms. The zero-order valence-electron chi connectivity index (χ0n) is 12.9. The monoisotopic (exact) mass is 353 g/mol. The summed E-state index contributed by atoms with van der Waals surface area (Å²) in [7, 11) is 0. The van der Waals surface area contributed by atoms with Crippen LogP contribution in [0.1, 0.15) is 45.1 Å². The van der Waals surface area contributed by atoms with Crippen LogP contribution in [0.2, 0.25) is 0 Å². The lowest BCUT2D eigenvalue weighted by molar-refractivity contribution is 0.140. The van der Waals surface area contributed by atoms with E-state index >= 15 is 0 Å². The largest absolute Gasteiger partial charge is 0.489 e. The lowest BCUT2D eigenvalue weighted by Gasteiger charge is -2.29. The van der Waals surface area contributed by atoms with E-state index in [2.05, 4.69) is 41.9 Å². The summed E-state index contributed by atoms with van der Waals surface area (Å²) in [6, 6.07) is 4.21. The minimum Gasteiger partial charge on any atom is -0.489 e. The van der Waals surface area contributed by atoms with Crippen molar-refractivity contribution in [3.63, 3.8) is 0 Å². The van der Waals surface area contributed by atoms with Gasteiger partial charge in [-0.15, -0.1) is 0 Å². The Balaban J connectivity index is 2.00. The molecule has 1 fully saturated rings. The Bertz CT molecular complexity index is 536. The molecule has 3 rings (SSSR count). The van der Waals surface area contributed by atoms with E-state index in [0.29, 0.717) is 19.8 Å². The quantitative estimate of drug-likeness (QED) is 0.873. The second-order valence-corrected chi connectivity index (χ2v) is 8.07. The number of hydrogen-bond donors (Lipinski definition) is 1. The third kappa shape index (κ3) is 2.80. The molecule has 1 aromatic carbocycles. The van der Waals surface area contributed by atoms with Crippen molar-refractivity contribution in [3.8, 4) is 11.5 Å². The highest BCUT2D eigenvalue weighted by Gasteiger charge is 2.37. The maximum Gasteiger partial charge on any atom is 0.162 e. The fourth-order valence-electron chi connectivity index (χ4n) is 3.39. The van der Waals surface area contributed by atoms with Crippen LogP contribution in [0.5, 0.6) is 11.5 Å². The van der Waals surface area contributed by atoms with Crippen LogP contribution in [0.25, 0.3) is 0 Å². The zero-order chi connectivity index (χ0) is 15.1. The van der Waals surface area contributed by atoms with Crippen molar-refractivity contribution in [2.24, 2.45) is 11.1 Å². The molecule has 0 bridgehead atoms. The molecule has 1 aliphatic carbocycles. The highest BCUT2D eigenvalue weighted by atomic mass is 79.9. The first-order valence-corrected chi connectivity index (χ1v) is 8.55. The lowest BCUT2D eigenvalue weighted by atomic mass is 9.79. The first-order chi connectivity index (χ1) is 9.96. The number of nitrogens with two attached hydrogens (primary N) is 1. The number of halogens is 1. The lowest BCUT2D eigenvalue weighted by Crippen LogP contribution is -2.32. The van der Waals surface area contributed by atoms with Gasteiger partial charge in [0.15, 0.2) is 11.5 Å². The van der Waals surface area contributed by atoms with Crippen LogP contribution in [0, 0.1) is 5.41 Å². The van der Waals surface area contributed by atoms with Crippen molar-refractivity contribution in [1.29, 1.82) is 0 Å². The Labute approximate surface area is 135 Å². The van der Waals surface area contributed by atoms with E-state index in [1.165, 1.54) is 18.4 Å². The van der Waals surface area contributed by atoms with E-state index in [9.17, 15) is 0 Å². The Kier molecular flexibility index (Phi) is 3.95. The van der Waals surface area contributed by atoms with Crippen LogP contribution < -0.4 is 15.2 Å². The average molecular weight is 354 g/mol.